The minimum Gasteiger partial charge on any atom is -0.497 e. The number of nitrogens with zero attached hydrogens (tertiary/aromatic N) is 7. The van der Waals surface area contributed by atoms with Crippen LogP contribution in [0.5, 0.6) is 11.5 Å². The molecule has 644 valence electrons. The number of alkyl halides is 15. The van der Waals surface area contributed by atoms with Gasteiger partial charge in [0.05, 0.1) is 30.7 Å². The van der Waals surface area contributed by atoms with Gasteiger partial charge in [0.25, 0.3) is 12.2 Å². The van der Waals surface area contributed by atoms with Crippen LogP contribution in [0.4, 0.5) is 91.6 Å². The van der Waals surface area contributed by atoms with E-state index in [-0.39, 0.29) is 42.4 Å². The second-order valence-electron chi connectivity index (χ2n) is 27.3. The van der Waals surface area contributed by atoms with E-state index in [4.69, 9.17) is 55.5 Å². The molecular formula is C77H106F15N7O15. The number of aldehydes is 1. The maximum atomic E-state index is 13.2. The number of ether oxygens (including phenoxy) is 7. The lowest BCUT2D eigenvalue weighted by Crippen LogP contribution is -2.54. The smallest absolute Gasteiger partial charge is 0.490 e. The quantitative estimate of drug-likeness (QED) is 0.0298. The van der Waals surface area contributed by atoms with Crippen LogP contribution in [0.15, 0.2) is 84.9 Å². The highest BCUT2D eigenvalue weighted by molar-refractivity contribution is 5.85. The molecule has 2 saturated heterocycles. The summed E-state index contributed by atoms with van der Waals surface area (Å²) in [5.41, 5.74) is 2.76. The minimum absolute atomic E-state index is 0.0232. The molecule has 3 amide bonds. The first-order valence-electron chi connectivity index (χ1n) is 42.5. The summed E-state index contributed by atoms with van der Waals surface area (Å²) in [5.74, 6) is -2.10. The van der Waals surface area contributed by atoms with Gasteiger partial charge in [-0.05, 0) is 179 Å². The fraction of sp³-hybridized carbons (Fsp3) is 0.597. The number of anilines is 2. The number of carboxylic acids is 1. The fourth-order valence-corrected chi connectivity index (χ4v) is 9.19. The lowest BCUT2D eigenvalue weighted by molar-refractivity contribution is -0.309. The highest BCUT2D eigenvalue weighted by atomic mass is 19.4. The van der Waals surface area contributed by atoms with Crippen molar-refractivity contribution in [3.8, 4) is 11.5 Å². The van der Waals surface area contributed by atoms with Crippen molar-refractivity contribution in [1.29, 1.82) is 0 Å². The zero-order chi connectivity index (χ0) is 101. The third-order valence-electron chi connectivity index (χ3n) is 14.4. The van der Waals surface area contributed by atoms with Crippen molar-refractivity contribution in [2.45, 2.75) is 202 Å². The largest absolute Gasteiger partial charge is 0.497 e. The van der Waals surface area contributed by atoms with E-state index in [0.29, 0.717) is 48.5 Å². The number of esters is 2. The zero-order valence-electron chi connectivity index (χ0n) is 81.3. The van der Waals surface area contributed by atoms with Gasteiger partial charge in [-0.1, -0.05) is 63.2 Å². The summed E-state index contributed by atoms with van der Waals surface area (Å²) in [5, 5.41) is 7.12. The second kappa shape index (κ2) is 45.2. The normalized spacial score (nSPS) is 19.4. The molecule has 2 heterocycles. The van der Waals surface area contributed by atoms with Crippen molar-refractivity contribution >= 4 is 53.8 Å². The molecule has 0 atom stereocenters. The Balaban J connectivity index is 0.000000643. The summed E-state index contributed by atoms with van der Waals surface area (Å²) in [4.78, 5) is 85.8. The van der Waals surface area contributed by atoms with Crippen molar-refractivity contribution in [2.75, 3.05) is 109 Å². The number of hydrogen-bond acceptors (Lipinski definition) is 18. The Bertz CT molecular complexity index is 4340. The molecule has 114 heavy (non-hydrogen) atoms. The number of hydrogen-bond donors (Lipinski definition) is 1. The van der Waals surface area contributed by atoms with Crippen LogP contribution in [0.25, 0.3) is 0 Å². The Labute approximate surface area is 677 Å². The SMILES string of the molecule is CCN(CC)CC.COc1ccc(CN(CCCC(=O)OC(C)(C)C)c2cc(C)ccc2C=O)cc1.O=C(O)C(F)(F)F.[2H]C1([2H])N(C(=O)OC(C(F)(F)F)C(F)(F)F)C([2H])([2H])C([2H])([2H])N(C(=O)OC(C)(C)C)C1([2H])[2H].[2H]C1([2H])N(Cc2ccc(C)cc2N(CCCC(=O)OC(C)(C)C)Cc2ccc(OC)cc2)C([2H])([2H])C([2H])([2H])N(C(=O)OC(C(F)(F)F)C(F)(F)F)C1([2H])[2H]. The van der Waals surface area contributed by atoms with Gasteiger partial charge in [0.15, 0.2) is 6.29 Å². The number of aliphatic carboxylic acids is 1. The molecule has 1 N–H and O–H groups in total. The maximum Gasteiger partial charge on any atom is 0.490 e. The lowest BCUT2D eigenvalue weighted by Gasteiger charge is -2.36. The Morgan fingerprint density at radius 3 is 1.11 bits per heavy atom. The molecule has 0 aliphatic carbocycles. The molecular weight excluding hydrogens is 1550 g/mol. The summed E-state index contributed by atoms with van der Waals surface area (Å²) in [6.45, 7) is -3.80. The monoisotopic (exact) mass is 1670 g/mol. The van der Waals surface area contributed by atoms with Crippen molar-refractivity contribution < 1.29 is 160 Å². The highest BCUT2D eigenvalue weighted by Gasteiger charge is 2.61. The van der Waals surface area contributed by atoms with Crippen molar-refractivity contribution in [1.82, 2.24) is 24.5 Å². The predicted molar refractivity (Wildman–Crippen MR) is 394 cm³/mol. The number of carbonyl (C=O) groups is 7. The second-order valence-corrected chi connectivity index (χ2v) is 27.3. The zero-order valence-corrected chi connectivity index (χ0v) is 65.3. The molecule has 0 bridgehead atoms. The molecule has 37 heteroatoms. The van der Waals surface area contributed by atoms with E-state index in [1.165, 1.54) is 53.6 Å². The molecule has 22 nitrogen and oxygen atoms in total. The molecule has 0 radical (unpaired) electrons. The van der Waals surface area contributed by atoms with E-state index in [1.54, 1.807) is 76.1 Å². The van der Waals surface area contributed by atoms with Crippen LogP contribution in [-0.2, 0) is 57.7 Å². The Morgan fingerprint density at radius 1 is 0.482 bits per heavy atom. The number of piperazine rings is 2. The van der Waals surface area contributed by atoms with E-state index >= 15 is 0 Å². The van der Waals surface area contributed by atoms with E-state index in [1.807, 2.05) is 70.2 Å². The molecule has 4 aromatic rings. The van der Waals surface area contributed by atoms with Crippen LogP contribution in [0.3, 0.4) is 0 Å². The summed E-state index contributed by atoms with van der Waals surface area (Å²) in [6.07, 6.45) is -45.9. The molecule has 4 aromatic carbocycles. The van der Waals surface area contributed by atoms with Crippen LogP contribution in [0.1, 0.15) is 169 Å². The number of aryl methyl sites for hydroxylation is 2. The Morgan fingerprint density at radius 2 is 0.807 bits per heavy atom. The van der Waals surface area contributed by atoms with Gasteiger partial charge in [-0.2, -0.15) is 65.9 Å². The summed E-state index contributed by atoms with van der Waals surface area (Å²) < 4.78 is 351. The van der Waals surface area contributed by atoms with Crippen LogP contribution in [0, 0.1) is 13.8 Å². The molecule has 0 unspecified atom stereocenters. The standard InChI is InChI=1S/C32H41F6N3O5.C24H31NO4.C13H18F6N2O4.C6H15N.C2HF3O2/c1-22-8-11-24(21-39-15-17-40(18-16-39)29(43)45-28(31(33,34)35)32(36,37)38)26(19-22)41(14-6-7-27(42)46-30(2,3)4)20-23-9-12-25(44-5)13-10-23;1-18-8-11-20(17-26)22(15-18)25(14-6-7-23(27)29-24(2,3)4)16-19-9-12-21(28-5)13-10-19;1-11(2,3)25-10(23)21-6-4-20(5-7-21)9(22)24-8(12(14,15)16)13(17,18)19;1-4-7(5-2)6-3;3-2(4,5)1(6)7/h8-13,19,28H,6-7,14-18,20-21H2,1-5H3;8-13,15,17H,6-7,14,16H2,1-5H3;8H,4-7H2,1-3H3;4-6H2,1-3H3;(H,6,7)/i15D2,16D2,17D2,18D2;;4D2,5D2,6D2,7D2;;. The maximum absolute atomic E-state index is 13.2. The van der Waals surface area contributed by atoms with Crippen LogP contribution >= 0.6 is 0 Å². The van der Waals surface area contributed by atoms with Crippen LogP contribution in [-0.4, -0.2) is 231 Å². The van der Waals surface area contributed by atoms with Gasteiger partial charge in [-0.15, -0.1) is 0 Å². The first-order chi connectivity index (χ1) is 58.5. The van der Waals surface area contributed by atoms with Gasteiger partial charge >= 0.3 is 67.1 Å². The highest BCUT2D eigenvalue weighted by Crippen LogP contribution is 2.38. The van der Waals surface area contributed by atoms with Gasteiger partial charge in [0, 0.05) is 120 Å². The molecule has 2 aliphatic rings. The Hall–Kier alpha value is -9.16. The first kappa shape index (κ1) is 76.2. The fourth-order valence-electron chi connectivity index (χ4n) is 9.19. The number of carboxylic acid groups (broad SMARTS) is 1. The minimum atomic E-state index is -6.29. The van der Waals surface area contributed by atoms with Crippen LogP contribution < -0.4 is 19.3 Å². The van der Waals surface area contributed by atoms with Gasteiger partial charge in [0.1, 0.15) is 28.3 Å². The number of amides is 3. The number of rotatable bonds is 24. The molecule has 2 aliphatic heterocycles. The van der Waals surface area contributed by atoms with E-state index < -0.39 is 163 Å². The van der Waals surface area contributed by atoms with Gasteiger partial charge in [-0.3, -0.25) is 19.3 Å². The molecule has 0 saturated carbocycles. The Kier molecular flexibility index (Phi) is 30.2. The summed E-state index contributed by atoms with van der Waals surface area (Å²) in [7, 11) is 3.12. The van der Waals surface area contributed by atoms with E-state index in [9.17, 15) is 94.6 Å². The average Bonchev–Trinajstić information content (AvgIpc) is 0.690. The number of benzene rings is 4. The van der Waals surface area contributed by atoms with E-state index in [0.717, 1.165) is 34.4 Å². The van der Waals surface area contributed by atoms with E-state index in [2.05, 4.69) is 40.0 Å². The first-order valence-corrected chi connectivity index (χ1v) is 34.5. The number of carbonyl (C=O) groups excluding carboxylic acids is 6. The lowest BCUT2D eigenvalue weighted by atomic mass is 10.1. The van der Waals surface area contributed by atoms with Crippen molar-refractivity contribution in [3.05, 3.63) is 118 Å². The predicted octanol–water partition coefficient (Wildman–Crippen LogP) is 17.0. The number of methoxy groups -OCH3 is 2. The van der Waals surface area contributed by atoms with Gasteiger partial charge in [0.2, 0.25) is 0 Å². The molecule has 2 fully saturated rings. The molecule has 0 aromatic heterocycles. The third kappa shape index (κ3) is 38.8. The van der Waals surface area contributed by atoms with Crippen molar-refractivity contribution in [2.24, 2.45) is 0 Å². The molecule has 6 rings (SSSR count). The topological polar surface area (TPSA) is 227 Å². The number of halogens is 15. The van der Waals surface area contributed by atoms with Gasteiger partial charge in [-0.25, -0.2) is 19.2 Å². The average molecular weight is 1670 g/mol. The van der Waals surface area contributed by atoms with Crippen LogP contribution in [0.2, 0.25) is 0 Å². The summed E-state index contributed by atoms with van der Waals surface area (Å²) in [6, 6.07) is 25.1. The third-order valence-corrected chi connectivity index (χ3v) is 14.4. The molecule has 0 spiro atoms. The summed E-state index contributed by atoms with van der Waals surface area (Å²) >= 11 is 0. The van der Waals surface area contributed by atoms with Crippen molar-refractivity contribution in [3.63, 3.8) is 0 Å². The van der Waals surface area contributed by atoms with Gasteiger partial charge < -0.3 is 67.7 Å².